The van der Waals surface area contributed by atoms with Crippen molar-refractivity contribution in [3.05, 3.63) is 29.8 Å². The normalized spacial score (nSPS) is 23.0. The topological polar surface area (TPSA) is 79.0 Å². The third-order valence-electron chi connectivity index (χ3n) is 5.35. The van der Waals surface area contributed by atoms with Crippen molar-refractivity contribution in [2.45, 2.75) is 25.8 Å². The minimum atomic E-state index is -3.25. The molecule has 1 aromatic carbocycles. The second kappa shape index (κ2) is 8.58. The molecule has 2 aliphatic heterocycles. The summed E-state index contributed by atoms with van der Waals surface area (Å²) in [6, 6.07) is 8.12. The van der Waals surface area contributed by atoms with Crippen LogP contribution in [0.15, 0.2) is 24.3 Å². The van der Waals surface area contributed by atoms with Gasteiger partial charge in [-0.3, -0.25) is 4.79 Å². The van der Waals surface area contributed by atoms with Crippen LogP contribution < -0.4 is 10.2 Å². The number of amides is 1. The number of carbonyl (C=O) groups excluding carboxylic acids is 1. The highest BCUT2D eigenvalue weighted by Crippen LogP contribution is 2.22. The summed E-state index contributed by atoms with van der Waals surface area (Å²) in [7, 11) is -3.25. The van der Waals surface area contributed by atoms with Gasteiger partial charge in [0, 0.05) is 31.9 Å². The van der Waals surface area contributed by atoms with E-state index in [1.165, 1.54) is 10.6 Å². The fraction of sp³-hybridized carbons (Fsp3) is 0.632. The fourth-order valence-electron chi connectivity index (χ4n) is 3.67. The maximum absolute atomic E-state index is 12.6. The Hall–Kier alpha value is -1.64. The third-order valence-corrected chi connectivity index (χ3v) is 6.62. The fourth-order valence-corrected chi connectivity index (χ4v) is 4.58. The number of hydrogen-bond donors (Lipinski definition) is 1. The largest absolute Gasteiger partial charge is 0.378 e. The lowest BCUT2D eigenvalue weighted by Crippen LogP contribution is -2.45. The molecule has 0 spiro atoms. The number of hydrogen-bond acceptors (Lipinski definition) is 5. The summed E-state index contributed by atoms with van der Waals surface area (Å²) in [5, 5.41) is 3.04. The van der Waals surface area contributed by atoms with Crippen LogP contribution in [-0.2, 0) is 19.6 Å². The van der Waals surface area contributed by atoms with Gasteiger partial charge < -0.3 is 15.0 Å². The molecule has 0 saturated carbocycles. The predicted molar refractivity (Wildman–Crippen MR) is 105 cm³/mol. The molecule has 1 aromatic rings. The van der Waals surface area contributed by atoms with Gasteiger partial charge in [0.05, 0.1) is 31.4 Å². The summed E-state index contributed by atoms with van der Waals surface area (Å²) < 4.78 is 30.3. The lowest BCUT2D eigenvalue weighted by Gasteiger charge is -2.31. The maximum Gasteiger partial charge on any atom is 0.224 e. The van der Waals surface area contributed by atoms with E-state index in [0.717, 1.165) is 44.0 Å². The van der Waals surface area contributed by atoms with Crippen LogP contribution in [0.25, 0.3) is 0 Å². The smallest absolute Gasteiger partial charge is 0.224 e. The predicted octanol–water partition coefficient (Wildman–Crippen LogP) is 1.37. The molecule has 0 aromatic heterocycles. The van der Waals surface area contributed by atoms with Crippen LogP contribution >= 0.6 is 0 Å². The van der Waals surface area contributed by atoms with Gasteiger partial charge >= 0.3 is 0 Å². The molecule has 150 valence electrons. The van der Waals surface area contributed by atoms with Gasteiger partial charge in [0.2, 0.25) is 15.9 Å². The van der Waals surface area contributed by atoms with Crippen molar-refractivity contribution in [1.82, 2.24) is 9.62 Å². The zero-order valence-corrected chi connectivity index (χ0v) is 16.9. The molecule has 1 N–H and O–H groups in total. The van der Waals surface area contributed by atoms with E-state index >= 15 is 0 Å². The van der Waals surface area contributed by atoms with Gasteiger partial charge in [-0.15, -0.1) is 0 Å². The molecular formula is C19H29N3O4S. The van der Waals surface area contributed by atoms with Crippen LogP contribution in [0.1, 0.15) is 31.4 Å². The van der Waals surface area contributed by atoms with Gasteiger partial charge in [-0.1, -0.05) is 12.1 Å². The summed E-state index contributed by atoms with van der Waals surface area (Å²) in [5.74, 6) is -0.364. The zero-order chi connectivity index (χ0) is 19.4. The van der Waals surface area contributed by atoms with Crippen molar-refractivity contribution < 1.29 is 17.9 Å². The standard InChI is InChI=1S/C19H29N3O4S/c1-15(16-5-7-18(8-6-16)21-10-12-26-13-11-21)20-19(23)17-4-3-9-22(14-17)27(2,24)25/h5-8,15,17H,3-4,9-14H2,1-2H3,(H,20,23)/t15-,17+/m0/s1. The molecule has 0 bridgehead atoms. The average Bonchev–Trinajstić information content (AvgIpc) is 2.68. The molecule has 2 saturated heterocycles. The number of nitrogens with zero attached hydrogens (tertiary/aromatic N) is 2. The Labute approximate surface area is 161 Å². The van der Waals surface area contributed by atoms with Crippen molar-refractivity contribution in [2.24, 2.45) is 5.92 Å². The molecule has 3 rings (SSSR count). The highest BCUT2D eigenvalue weighted by atomic mass is 32.2. The van der Waals surface area contributed by atoms with Crippen molar-refractivity contribution in [3.8, 4) is 0 Å². The number of sulfonamides is 1. The van der Waals surface area contributed by atoms with Crippen LogP contribution in [0.3, 0.4) is 0 Å². The van der Waals surface area contributed by atoms with Crippen molar-refractivity contribution >= 4 is 21.6 Å². The lowest BCUT2D eigenvalue weighted by molar-refractivity contribution is -0.126. The van der Waals surface area contributed by atoms with E-state index in [4.69, 9.17) is 4.74 Å². The first-order valence-corrected chi connectivity index (χ1v) is 11.4. The highest BCUT2D eigenvalue weighted by Gasteiger charge is 2.30. The van der Waals surface area contributed by atoms with Gasteiger partial charge in [-0.2, -0.15) is 0 Å². The molecule has 2 heterocycles. The molecule has 8 heteroatoms. The van der Waals surface area contributed by atoms with Gasteiger partial charge in [0.25, 0.3) is 0 Å². The number of nitrogens with one attached hydrogen (secondary N) is 1. The summed E-state index contributed by atoms with van der Waals surface area (Å²) in [6.07, 6.45) is 2.64. The van der Waals surface area contributed by atoms with E-state index in [2.05, 4.69) is 22.3 Å². The molecule has 0 radical (unpaired) electrons. The zero-order valence-electron chi connectivity index (χ0n) is 16.1. The molecule has 1 amide bonds. The van der Waals surface area contributed by atoms with E-state index in [0.29, 0.717) is 13.0 Å². The van der Waals surface area contributed by atoms with Crippen LogP contribution in [0.2, 0.25) is 0 Å². The molecule has 2 aliphatic rings. The number of anilines is 1. The molecule has 7 nitrogen and oxygen atoms in total. The Bertz CT molecular complexity index is 745. The average molecular weight is 396 g/mol. The lowest BCUT2D eigenvalue weighted by atomic mass is 9.98. The Morgan fingerprint density at radius 2 is 1.85 bits per heavy atom. The Kier molecular flexibility index (Phi) is 6.39. The number of ether oxygens (including phenoxy) is 1. The highest BCUT2D eigenvalue weighted by molar-refractivity contribution is 7.88. The van der Waals surface area contributed by atoms with Gasteiger partial charge in [-0.25, -0.2) is 12.7 Å². The first-order valence-electron chi connectivity index (χ1n) is 9.53. The van der Waals surface area contributed by atoms with E-state index < -0.39 is 10.0 Å². The number of piperidine rings is 1. The van der Waals surface area contributed by atoms with Crippen LogP contribution in [0.5, 0.6) is 0 Å². The summed E-state index contributed by atoms with van der Waals surface area (Å²) >= 11 is 0. The van der Waals surface area contributed by atoms with Crippen LogP contribution in [0, 0.1) is 5.92 Å². The second-order valence-corrected chi connectivity index (χ2v) is 9.36. The molecule has 2 atom stereocenters. The quantitative estimate of drug-likeness (QED) is 0.815. The van der Waals surface area contributed by atoms with Crippen LogP contribution in [-0.4, -0.2) is 64.3 Å². The maximum atomic E-state index is 12.6. The third kappa shape index (κ3) is 5.21. The first kappa shape index (κ1) is 20.1. The molecule has 27 heavy (non-hydrogen) atoms. The monoisotopic (exact) mass is 395 g/mol. The Morgan fingerprint density at radius 3 is 2.48 bits per heavy atom. The van der Waals surface area contributed by atoms with Gasteiger partial charge in [0.15, 0.2) is 0 Å². The minimum Gasteiger partial charge on any atom is -0.378 e. The van der Waals surface area contributed by atoms with Crippen molar-refractivity contribution in [1.29, 1.82) is 0 Å². The number of rotatable bonds is 5. The second-order valence-electron chi connectivity index (χ2n) is 7.38. The first-order chi connectivity index (χ1) is 12.8. The summed E-state index contributed by atoms with van der Waals surface area (Å²) in [6.45, 7) is 6.02. The van der Waals surface area contributed by atoms with E-state index in [9.17, 15) is 13.2 Å². The van der Waals surface area contributed by atoms with Crippen molar-refractivity contribution in [2.75, 3.05) is 50.5 Å². The number of morpholine rings is 1. The number of carbonyl (C=O) groups is 1. The van der Waals surface area contributed by atoms with E-state index in [-0.39, 0.29) is 24.4 Å². The molecular weight excluding hydrogens is 366 g/mol. The Balaban J connectivity index is 1.57. The van der Waals surface area contributed by atoms with E-state index in [1.54, 1.807) is 0 Å². The minimum absolute atomic E-state index is 0.0758. The van der Waals surface area contributed by atoms with E-state index in [1.807, 2.05) is 19.1 Å². The van der Waals surface area contributed by atoms with Crippen molar-refractivity contribution in [3.63, 3.8) is 0 Å². The van der Waals surface area contributed by atoms with Crippen LogP contribution in [0.4, 0.5) is 5.69 Å². The number of benzene rings is 1. The van der Waals surface area contributed by atoms with Gasteiger partial charge in [0.1, 0.15) is 0 Å². The Morgan fingerprint density at radius 1 is 1.19 bits per heavy atom. The molecule has 0 aliphatic carbocycles. The van der Waals surface area contributed by atoms with Gasteiger partial charge in [-0.05, 0) is 37.5 Å². The summed E-state index contributed by atoms with van der Waals surface area (Å²) in [5.41, 5.74) is 2.20. The SMILES string of the molecule is C[C@H](NC(=O)[C@@H]1CCCN(S(C)(=O)=O)C1)c1ccc(N2CCOCC2)cc1. The summed E-state index contributed by atoms with van der Waals surface area (Å²) in [4.78, 5) is 14.9. The molecule has 2 fully saturated rings. The molecule has 0 unspecified atom stereocenters.